The molecule has 0 aliphatic heterocycles. The number of amides is 1. The summed E-state index contributed by atoms with van der Waals surface area (Å²) >= 11 is 0. The molecule has 128 valence electrons. The number of carbonyl (C=O) groups is 2. The number of nitrogens with one attached hydrogen (secondary N) is 1. The molecule has 0 saturated carbocycles. The molecule has 0 saturated heterocycles. The lowest BCUT2D eigenvalue weighted by atomic mass is 10.3. The van der Waals surface area contributed by atoms with Crippen LogP contribution in [0.1, 0.15) is 0 Å². The van der Waals surface area contributed by atoms with Gasteiger partial charge in [-0.3, -0.25) is 9.59 Å². The van der Waals surface area contributed by atoms with Crippen LogP contribution in [0, 0.1) is 0 Å². The molecule has 1 amide bonds. The molecular formula is C12H10F3N5O4. The van der Waals surface area contributed by atoms with Crippen molar-refractivity contribution in [1.82, 2.24) is 20.2 Å². The van der Waals surface area contributed by atoms with Crippen LogP contribution in [-0.2, 0) is 20.9 Å². The highest BCUT2D eigenvalue weighted by Crippen LogP contribution is 2.23. The smallest absolute Gasteiger partial charge is 0.454 e. The minimum absolute atomic E-state index is 0.214. The van der Waals surface area contributed by atoms with E-state index in [1.165, 1.54) is 18.5 Å². The van der Waals surface area contributed by atoms with Crippen molar-refractivity contribution in [3.8, 4) is 5.75 Å². The van der Waals surface area contributed by atoms with Gasteiger partial charge < -0.3 is 14.8 Å². The highest BCUT2D eigenvalue weighted by atomic mass is 19.4. The van der Waals surface area contributed by atoms with Crippen molar-refractivity contribution in [2.45, 2.75) is 12.9 Å². The average Bonchev–Trinajstić information content (AvgIpc) is 2.99. The second-order valence-electron chi connectivity index (χ2n) is 4.29. The van der Waals surface area contributed by atoms with Crippen LogP contribution in [0.25, 0.3) is 0 Å². The molecule has 1 aromatic carbocycles. The zero-order valence-electron chi connectivity index (χ0n) is 11.9. The number of tetrazole rings is 1. The summed E-state index contributed by atoms with van der Waals surface area (Å²) in [7, 11) is 0. The molecule has 0 fully saturated rings. The summed E-state index contributed by atoms with van der Waals surface area (Å²) in [6.45, 7) is -0.828. The van der Waals surface area contributed by atoms with E-state index in [4.69, 9.17) is 4.74 Å². The Morgan fingerprint density at radius 2 is 1.92 bits per heavy atom. The molecule has 0 unspecified atom stereocenters. The summed E-state index contributed by atoms with van der Waals surface area (Å²) in [5, 5.41) is 12.4. The van der Waals surface area contributed by atoms with Gasteiger partial charge in [0.05, 0.1) is 0 Å². The van der Waals surface area contributed by atoms with Gasteiger partial charge in [-0.25, -0.2) is 4.68 Å². The summed E-state index contributed by atoms with van der Waals surface area (Å²) in [4.78, 5) is 23.0. The Kier molecular flexibility index (Phi) is 5.29. The standard InChI is InChI=1S/C12H10F3N5O4/c13-12(14,15)24-9-3-1-8(2-4-9)17-10(21)6-23-11(22)5-20-7-16-18-19-20/h1-4,7H,5-6H2,(H,17,21). The quantitative estimate of drug-likeness (QED) is 0.770. The Hall–Kier alpha value is -3.18. The first-order valence-corrected chi connectivity index (χ1v) is 6.34. The fourth-order valence-electron chi connectivity index (χ4n) is 1.51. The number of hydrogen-bond donors (Lipinski definition) is 1. The molecule has 0 aliphatic carbocycles. The maximum atomic E-state index is 12.0. The summed E-state index contributed by atoms with van der Waals surface area (Å²) in [6.07, 6.45) is -3.59. The SMILES string of the molecule is O=C(COC(=O)Cn1cnnn1)Nc1ccc(OC(F)(F)F)cc1. The minimum atomic E-state index is -4.79. The van der Waals surface area contributed by atoms with Gasteiger partial charge in [0.1, 0.15) is 18.6 Å². The number of rotatable bonds is 6. The summed E-state index contributed by atoms with van der Waals surface area (Å²) in [5.74, 6) is -1.82. The predicted molar refractivity (Wildman–Crippen MR) is 70.5 cm³/mol. The number of ether oxygens (including phenoxy) is 2. The highest BCUT2D eigenvalue weighted by molar-refractivity contribution is 5.92. The number of hydrogen-bond acceptors (Lipinski definition) is 7. The average molecular weight is 345 g/mol. The molecule has 24 heavy (non-hydrogen) atoms. The molecule has 0 spiro atoms. The lowest BCUT2D eigenvalue weighted by Crippen LogP contribution is -2.23. The fraction of sp³-hybridized carbons (Fsp3) is 0.250. The van der Waals surface area contributed by atoms with Crippen molar-refractivity contribution < 1.29 is 32.2 Å². The molecule has 0 radical (unpaired) electrons. The highest BCUT2D eigenvalue weighted by Gasteiger charge is 2.30. The first-order chi connectivity index (χ1) is 11.3. The van der Waals surface area contributed by atoms with E-state index in [0.717, 1.165) is 16.8 Å². The molecule has 0 aliphatic rings. The summed E-state index contributed by atoms with van der Waals surface area (Å²) in [6, 6.07) is 4.49. The molecule has 2 rings (SSSR count). The van der Waals surface area contributed by atoms with Gasteiger partial charge in [-0.2, -0.15) is 0 Å². The van der Waals surface area contributed by atoms with E-state index in [9.17, 15) is 22.8 Å². The molecule has 0 atom stereocenters. The molecule has 0 bridgehead atoms. The number of anilines is 1. The number of esters is 1. The maximum Gasteiger partial charge on any atom is 0.573 e. The lowest BCUT2D eigenvalue weighted by molar-refractivity contribution is -0.274. The zero-order chi connectivity index (χ0) is 17.6. The van der Waals surface area contributed by atoms with E-state index in [1.807, 2.05) is 0 Å². The van der Waals surface area contributed by atoms with Crippen LogP contribution < -0.4 is 10.1 Å². The van der Waals surface area contributed by atoms with Crippen molar-refractivity contribution in [3.05, 3.63) is 30.6 Å². The third kappa shape index (κ3) is 5.90. The number of alkyl halides is 3. The molecule has 12 heteroatoms. The van der Waals surface area contributed by atoms with Gasteiger partial charge in [0.25, 0.3) is 5.91 Å². The van der Waals surface area contributed by atoms with E-state index in [1.54, 1.807) is 0 Å². The Labute approximate surface area is 132 Å². The van der Waals surface area contributed by atoms with E-state index in [0.29, 0.717) is 0 Å². The Morgan fingerprint density at radius 3 is 2.50 bits per heavy atom. The molecular weight excluding hydrogens is 335 g/mol. The van der Waals surface area contributed by atoms with E-state index in [-0.39, 0.29) is 12.2 Å². The number of benzene rings is 1. The number of nitrogens with zero attached hydrogens (tertiary/aromatic N) is 4. The minimum Gasteiger partial charge on any atom is -0.454 e. The zero-order valence-corrected chi connectivity index (χ0v) is 11.9. The number of carbonyl (C=O) groups excluding carboxylic acids is 2. The Morgan fingerprint density at radius 1 is 1.21 bits per heavy atom. The fourth-order valence-corrected chi connectivity index (χ4v) is 1.51. The van der Waals surface area contributed by atoms with E-state index >= 15 is 0 Å². The predicted octanol–water partition coefficient (Wildman–Crippen LogP) is 0.754. The summed E-state index contributed by atoms with van der Waals surface area (Å²) in [5.41, 5.74) is 0.214. The number of aromatic nitrogens is 4. The van der Waals surface area contributed by atoms with Gasteiger partial charge in [0.15, 0.2) is 6.61 Å². The Balaban J connectivity index is 1.76. The molecule has 1 heterocycles. The first-order valence-electron chi connectivity index (χ1n) is 6.34. The molecule has 9 nitrogen and oxygen atoms in total. The second kappa shape index (κ2) is 7.39. The normalized spacial score (nSPS) is 11.0. The largest absolute Gasteiger partial charge is 0.573 e. The van der Waals surface area contributed by atoms with Gasteiger partial charge in [-0.15, -0.1) is 18.3 Å². The monoisotopic (exact) mass is 345 g/mol. The van der Waals surface area contributed by atoms with Gasteiger partial charge in [0, 0.05) is 5.69 Å². The topological polar surface area (TPSA) is 108 Å². The third-order valence-corrected chi connectivity index (χ3v) is 2.42. The van der Waals surface area contributed by atoms with Crippen molar-refractivity contribution in [2.75, 3.05) is 11.9 Å². The van der Waals surface area contributed by atoms with Gasteiger partial charge >= 0.3 is 12.3 Å². The van der Waals surface area contributed by atoms with Crippen LogP contribution >= 0.6 is 0 Å². The lowest BCUT2D eigenvalue weighted by Gasteiger charge is -2.10. The van der Waals surface area contributed by atoms with Crippen LogP contribution in [0.4, 0.5) is 18.9 Å². The van der Waals surface area contributed by atoms with Crippen molar-refractivity contribution in [3.63, 3.8) is 0 Å². The molecule has 1 N–H and O–H groups in total. The van der Waals surface area contributed by atoms with Gasteiger partial charge in [-0.1, -0.05) is 0 Å². The van der Waals surface area contributed by atoms with Gasteiger partial charge in [-0.05, 0) is 34.7 Å². The third-order valence-electron chi connectivity index (χ3n) is 2.42. The molecule has 2 aromatic rings. The van der Waals surface area contributed by atoms with Gasteiger partial charge in [0.2, 0.25) is 0 Å². The first kappa shape index (κ1) is 17.2. The maximum absolute atomic E-state index is 12.0. The van der Waals surface area contributed by atoms with E-state index in [2.05, 4.69) is 25.6 Å². The number of halogens is 3. The van der Waals surface area contributed by atoms with Crippen LogP contribution in [0.15, 0.2) is 30.6 Å². The van der Waals surface area contributed by atoms with E-state index < -0.39 is 30.6 Å². The molecule has 1 aromatic heterocycles. The van der Waals surface area contributed by atoms with Crippen molar-refractivity contribution in [1.29, 1.82) is 0 Å². The van der Waals surface area contributed by atoms with Crippen LogP contribution in [0.2, 0.25) is 0 Å². The summed E-state index contributed by atoms with van der Waals surface area (Å²) < 4.78 is 45.5. The second-order valence-corrected chi connectivity index (χ2v) is 4.29. The van der Waals surface area contributed by atoms with Crippen LogP contribution in [0.5, 0.6) is 5.75 Å². The Bertz CT molecular complexity index is 688. The van der Waals surface area contributed by atoms with Crippen LogP contribution in [0.3, 0.4) is 0 Å². The van der Waals surface area contributed by atoms with Crippen LogP contribution in [-0.4, -0.2) is 45.1 Å². The van der Waals surface area contributed by atoms with Crippen molar-refractivity contribution >= 4 is 17.6 Å². The van der Waals surface area contributed by atoms with Crippen molar-refractivity contribution in [2.24, 2.45) is 0 Å².